The van der Waals surface area contributed by atoms with Gasteiger partial charge < -0.3 is 37.2 Å². The lowest BCUT2D eigenvalue weighted by Crippen LogP contribution is -2.57. The predicted octanol–water partition coefficient (Wildman–Crippen LogP) is 2.66. The van der Waals surface area contributed by atoms with E-state index in [1.807, 2.05) is 42.1 Å². The summed E-state index contributed by atoms with van der Waals surface area (Å²) in [5, 5.41) is 15.2. The minimum Gasteiger partial charge on any atom is -0.368 e. The van der Waals surface area contributed by atoms with Gasteiger partial charge in [0.25, 0.3) is 0 Å². The Morgan fingerprint density at radius 2 is 1.47 bits per heavy atom. The zero-order chi connectivity index (χ0) is 36.4. The first-order valence-corrected chi connectivity index (χ1v) is 19.9. The van der Waals surface area contributed by atoms with E-state index in [1.54, 1.807) is 0 Å². The summed E-state index contributed by atoms with van der Waals surface area (Å²) >= 11 is 1.89. The standard InChI is InChI=1S/C37H57N7O6S/c38-35(48)29-16-10-13-23-44(29)36(49)27(24-26-14-4-1-5-15-26)41-33(47)20-7-3-12-22-39-31(45)18-6-2-11-21-40-32(46)19-9-8-17-30-34-28(25-51-30)42-37(50)43-34/h1,4-5,14-15,27-30,34H,2-3,6-13,16-25H2,(H2,38,48)(H,39,45)(H,40,46)(H,41,47)(H2,42,43,50). The van der Waals surface area contributed by atoms with Gasteiger partial charge in [-0.3, -0.25) is 24.0 Å². The summed E-state index contributed by atoms with van der Waals surface area (Å²) in [5.74, 6) is 0.0100. The average molecular weight is 728 g/mol. The molecule has 0 bridgehead atoms. The molecule has 7 N–H and O–H groups in total. The maximum absolute atomic E-state index is 13.5. The molecule has 282 valence electrons. The minimum absolute atomic E-state index is 0.00530. The third-order valence-corrected chi connectivity index (χ3v) is 11.4. The van der Waals surface area contributed by atoms with Gasteiger partial charge in [0.05, 0.1) is 12.1 Å². The van der Waals surface area contributed by atoms with Crippen LogP contribution < -0.4 is 32.3 Å². The highest BCUT2D eigenvalue weighted by Crippen LogP contribution is 2.33. The molecule has 7 amide bonds. The van der Waals surface area contributed by atoms with Crippen LogP contribution in [0.4, 0.5) is 4.79 Å². The normalized spacial score (nSPS) is 21.6. The van der Waals surface area contributed by atoms with Crippen molar-refractivity contribution in [3.05, 3.63) is 35.9 Å². The number of piperidine rings is 1. The molecule has 3 fully saturated rings. The van der Waals surface area contributed by atoms with Gasteiger partial charge in [-0.05, 0) is 63.4 Å². The Bertz CT molecular complexity index is 1320. The van der Waals surface area contributed by atoms with Gasteiger partial charge in [0.15, 0.2) is 0 Å². The highest BCUT2D eigenvalue weighted by atomic mass is 32.2. The number of hydrogen-bond acceptors (Lipinski definition) is 7. The van der Waals surface area contributed by atoms with Gasteiger partial charge in [0.2, 0.25) is 29.5 Å². The maximum atomic E-state index is 13.5. The number of amides is 7. The van der Waals surface area contributed by atoms with Crippen LogP contribution in [0.3, 0.4) is 0 Å². The van der Waals surface area contributed by atoms with Crippen LogP contribution in [0.15, 0.2) is 30.3 Å². The molecule has 1 aromatic carbocycles. The van der Waals surface area contributed by atoms with Crippen molar-refractivity contribution >= 4 is 47.3 Å². The lowest BCUT2D eigenvalue weighted by molar-refractivity contribution is -0.144. The number of benzene rings is 1. The molecule has 0 spiro atoms. The molecular weight excluding hydrogens is 671 g/mol. The van der Waals surface area contributed by atoms with Crippen LogP contribution in [-0.4, -0.2) is 95.3 Å². The van der Waals surface area contributed by atoms with E-state index in [0.717, 1.165) is 75.5 Å². The summed E-state index contributed by atoms with van der Waals surface area (Å²) < 4.78 is 0. The summed E-state index contributed by atoms with van der Waals surface area (Å²) in [5.41, 5.74) is 6.52. The third kappa shape index (κ3) is 13.7. The quantitative estimate of drug-likeness (QED) is 0.0781. The van der Waals surface area contributed by atoms with Crippen LogP contribution in [0.2, 0.25) is 0 Å². The van der Waals surface area contributed by atoms with Gasteiger partial charge in [-0.2, -0.15) is 11.8 Å². The van der Waals surface area contributed by atoms with Crippen molar-refractivity contribution in [2.24, 2.45) is 5.73 Å². The number of likely N-dealkylation sites (tertiary alicyclic amines) is 1. The predicted molar refractivity (Wildman–Crippen MR) is 198 cm³/mol. The summed E-state index contributed by atoms with van der Waals surface area (Å²) in [7, 11) is 0. The second-order valence-electron chi connectivity index (χ2n) is 13.9. The van der Waals surface area contributed by atoms with Gasteiger partial charge >= 0.3 is 6.03 Å². The van der Waals surface area contributed by atoms with Gasteiger partial charge in [0.1, 0.15) is 12.1 Å². The average Bonchev–Trinajstić information content (AvgIpc) is 3.68. The number of fused-ring (bicyclic) bond motifs is 1. The van der Waals surface area contributed by atoms with Crippen LogP contribution in [-0.2, 0) is 30.4 Å². The lowest BCUT2D eigenvalue weighted by atomic mass is 9.98. The van der Waals surface area contributed by atoms with E-state index >= 15 is 0 Å². The molecule has 0 radical (unpaired) electrons. The molecule has 5 atom stereocenters. The number of unbranched alkanes of at least 4 members (excludes halogenated alkanes) is 5. The lowest BCUT2D eigenvalue weighted by Gasteiger charge is -2.36. The number of thioether (sulfide) groups is 1. The maximum Gasteiger partial charge on any atom is 0.315 e. The van der Waals surface area contributed by atoms with E-state index in [1.165, 1.54) is 4.90 Å². The van der Waals surface area contributed by atoms with Gasteiger partial charge in [-0.25, -0.2) is 4.79 Å². The van der Waals surface area contributed by atoms with E-state index in [4.69, 9.17) is 5.73 Å². The molecular formula is C37H57N7O6S. The van der Waals surface area contributed by atoms with Crippen LogP contribution in [0.5, 0.6) is 0 Å². The number of nitrogens with one attached hydrogen (secondary N) is 5. The number of hydrogen-bond donors (Lipinski definition) is 6. The molecule has 3 aliphatic rings. The van der Waals surface area contributed by atoms with Crippen molar-refractivity contribution in [2.75, 3.05) is 25.4 Å². The Hall–Kier alpha value is -3.81. The molecule has 0 aliphatic carbocycles. The van der Waals surface area contributed by atoms with Crippen molar-refractivity contribution in [3.8, 4) is 0 Å². The molecule has 1 aromatic rings. The number of nitrogens with two attached hydrogens (primary N) is 1. The van der Waals surface area contributed by atoms with Crippen molar-refractivity contribution in [2.45, 2.75) is 132 Å². The zero-order valence-electron chi connectivity index (χ0n) is 29.8. The van der Waals surface area contributed by atoms with Gasteiger partial charge in [0, 0.05) is 56.3 Å². The second kappa shape index (κ2) is 21.5. The molecule has 13 nitrogen and oxygen atoms in total. The summed E-state index contributed by atoms with van der Waals surface area (Å²) in [6, 6.07) is 8.44. The van der Waals surface area contributed by atoms with Gasteiger partial charge in [-0.1, -0.05) is 49.6 Å². The minimum atomic E-state index is -0.780. The first-order valence-electron chi connectivity index (χ1n) is 18.9. The fourth-order valence-corrected chi connectivity index (χ4v) is 8.63. The SMILES string of the molecule is NC(=O)C1CCCCN1C(=O)C(Cc1ccccc1)NC(=O)CCCCCNC(=O)CCCCCNC(=O)CCCCC1SCC2NC(=O)NC21. The molecule has 3 heterocycles. The number of carbonyl (C=O) groups is 6. The van der Waals surface area contributed by atoms with E-state index in [9.17, 15) is 28.8 Å². The third-order valence-electron chi connectivity index (χ3n) is 9.92. The Balaban J connectivity index is 0.996. The first-order chi connectivity index (χ1) is 24.7. The topological polar surface area (TPSA) is 192 Å². The summed E-state index contributed by atoms with van der Waals surface area (Å²) in [4.78, 5) is 75.9. The highest BCUT2D eigenvalue weighted by Gasteiger charge is 2.42. The van der Waals surface area contributed by atoms with E-state index in [-0.39, 0.29) is 48.2 Å². The van der Waals surface area contributed by atoms with E-state index in [2.05, 4.69) is 26.6 Å². The number of urea groups is 1. The van der Waals surface area contributed by atoms with Crippen LogP contribution in [0, 0.1) is 0 Å². The molecule has 3 aliphatic heterocycles. The van der Waals surface area contributed by atoms with E-state index < -0.39 is 18.0 Å². The Morgan fingerprint density at radius 1 is 0.824 bits per heavy atom. The van der Waals surface area contributed by atoms with E-state index in [0.29, 0.717) is 57.0 Å². The monoisotopic (exact) mass is 727 g/mol. The Labute approximate surface area is 306 Å². The first kappa shape index (κ1) is 40.0. The number of carbonyl (C=O) groups excluding carboxylic acids is 6. The molecule has 0 aromatic heterocycles. The summed E-state index contributed by atoms with van der Waals surface area (Å²) in [6.45, 7) is 1.60. The number of rotatable bonds is 22. The van der Waals surface area contributed by atoms with Crippen molar-refractivity contribution in [1.29, 1.82) is 0 Å². The molecule has 4 rings (SSSR count). The van der Waals surface area contributed by atoms with Crippen molar-refractivity contribution < 1.29 is 28.8 Å². The van der Waals surface area contributed by atoms with Crippen molar-refractivity contribution in [3.63, 3.8) is 0 Å². The highest BCUT2D eigenvalue weighted by molar-refractivity contribution is 8.00. The van der Waals surface area contributed by atoms with Gasteiger partial charge in [-0.15, -0.1) is 0 Å². The Morgan fingerprint density at radius 3 is 2.14 bits per heavy atom. The van der Waals surface area contributed by atoms with Crippen LogP contribution in [0.1, 0.15) is 102 Å². The molecule has 5 unspecified atom stereocenters. The van der Waals surface area contributed by atoms with Crippen LogP contribution >= 0.6 is 11.8 Å². The largest absolute Gasteiger partial charge is 0.368 e. The fourth-order valence-electron chi connectivity index (χ4n) is 7.09. The number of nitrogens with zero attached hydrogens (tertiary/aromatic N) is 1. The smallest absolute Gasteiger partial charge is 0.315 e. The molecule has 3 saturated heterocycles. The number of primary amides is 1. The zero-order valence-corrected chi connectivity index (χ0v) is 30.6. The second-order valence-corrected chi connectivity index (χ2v) is 15.2. The fraction of sp³-hybridized carbons (Fsp3) is 0.676. The summed E-state index contributed by atoms with van der Waals surface area (Å²) in [6.07, 6.45) is 11.1. The molecule has 0 saturated carbocycles. The van der Waals surface area contributed by atoms with Crippen molar-refractivity contribution in [1.82, 2.24) is 31.5 Å². The Kier molecular flexibility index (Phi) is 16.9. The molecule has 51 heavy (non-hydrogen) atoms. The van der Waals surface area contributed by atoms with Crippen LogP contribution in [0.25, 0.3) is 0 Å². The molecule has 14 heteroatoms.